The Morgan fingerprint density at radius 1 is 1.28 bits per heavy atom. The molecule has 3 rings (SSSR count). The smallest absolute Gasteiger partial charge is 0.337 e. The van der Waals surface area contributed by atoms with Crippen LogP contribution in [0.1, 0.15) is 30.5 Å². The van der Waals surface area contributed by atoms with Gasteiger partial charge in [-0.3, -0.25) is 15.0 Å². The molecule has 0 saturated carbocycles. The first kappa shape index (κ1) is 20.5. The van der Waals surface area contributed by atoms with Gasteiger partial charge in [-0.2, -0.15) is 0 Å². The summed E-state index contributed by atoms with van der Waals surface area (Å²) in [5, 5.41) is 14.8. The van der Waals surface area contributed by atoms with Gasteiger partial charge in [0.05, 0.1) is 23.6 Å². The van der Waals surface area contributed by atoms with E-state index in [0.717, 1.165) is 11.3 Å². The molecular formula is C21H21N3O4S. The monoisotopic (exact) mass is 411 g/mol. The largest absolute Gasteiger partial charge is 0.466 e. The van der Waals surface area contributed by atoms with Crippen LogP contribution in [-0.2, 0) is 9.53 Å². The number of nitro benzene ring substituents is 1. The van der Waals surface area contributed by atoms with E-state index < -0.39 is 16.9 Å². The van der Waals surface area contributed by atoms with Crippen molar-refractivity contribution in [2.75, 3.05) is 12.0 Å². The van der Waals surface area contributed by atoms with Crippen LogP contribution in [0.25, 0.3) is 0 Å². The number of rotatable bonds is 5. The zero-order valence-corrected chi connectivity index (χ0v) is 17.2. The topological polar surface area (TPSA) is 84.7 Å². The first-order valence-corrected chi connectivity index (χ1v) is 9.51. The maximum Gasteiger partial charge on any atom is 0.337 e. The van der Waals surface area contributed by atoms with Gasteiger partial charge in [-0.05, 0) is 43.3 Å². The molecule has 0 radical (unpaired) electrons. The molecule has 1 atom stereocenters. The fourth-order valence-electron chi connectivity index (χ4n) is 3.40. The summed E-state index contributed by atoms with van der Waals surface area (Å²) in [6.07, 6.45) is 0.519. The summed E-state index contributed by atoms with van der Waals surface area (Å²) in [6.45, 7) is 3.92. The SMILES string of the molecule is CCC1=C(C(=O)OC)[C@@H](c2cccc([N+](=O)[O-])c2)NC(=S)N1c1ccc(C)cc1. The number of esters is 1. The maximum atomic E-state index is 12.8. The van der Waals surface area contributed by atoms with E-state index in [2.05, 4.69) is 5.32 Å². The number of ether oxygens (including phenoxy) is 1. The van der Waals surface area contributed by atoms with Crippen molar-refractivity contribution >= 4 is 34.7 Å². The first-order chi connectivity index (χ1) is 13.9. The molecule has 29 heavy (non-hydrogen) atoms. The number of hydrogen-bond acceptors (Lipinski definition) is 5. The first-order valence-electron chi connectivity index (χ1n) is 9.10. The predicted molar refractivity (Wildman–Crippen MR) is 115 cm³/mol. The second-order valence-corrected chi connectivity index (χ2v) is 7.00. The number of hydrogen-bond donors (Lipinski definition) is 1. The van der Waals surface area contributed by atoms with Crippen molar-refractivity contribution < 1.29 is 14.5 Å². The average Bonchev–Trinajstić information content (AvgIpc) is 2.73. The van der Waals surface area contributed by atoms with E-state index in [1.54, 1.807) is 12.1 Å². The lowest BCUT2D eigenvalue weighted by Gasteiger charge is -2.38. The van der Waals surface area contributed by atoms with Crippen LogP contribution in [0.5, 0.6) is 0 Å². The molecule has 0 aromatic heterocycles. The minimum atomic E-state index is -0.647. The Hall–Kier alpha value is -3.26. The standard InChI is InChI=1S/C21H21N3O4S/c1-4-17-18(20(25)28-3)19(14-6-5-7-16(12-14)24(26)27)22-21(29)23(17)15-10-8-13(2)9-11-15/h5-12,19H,4H2,1-3H3,(H,22,29)/t19-/m1/s1. The highest BCUT2D eigenvalue weighted by molar-refractivity contribution is 7.80. The van der Waals surface area contributed by atoms with Gasteiger partial charge in [-0.15, -0.1) is 0 Å². The zero-order chi connectivity index (χ0) is 21.1. The molecule has 8 heteroatoms. The number of benzene rings is 2. The Morgan fingerprint density at radius 3 is 2.55 bits per heavy atom. The summed E-state index contributed by atoms with van der Waals surface area (Å²) in [5.41, 5.74) is 3.51. The number of allylic oxidation sites excluding steroid dienone is 1. The lowest BCUT2D eigenvalue weighted by molar-refractivity contribution is -0.384. The third-order valence-corrected chi connectivity index (χ3v) is 5.09. The van der Waals surface area contributed by atoms with Crippen molar-refractivity contribution in [3.63, 3.8) is 0 Å². The lowest BCUT2D eigenvalue weighted by atomic mass is 9.93. The number of anilines is 1. The van der Waals surface area contributed by atoms with E-state index in [4.69, 9.17) is 17.0 Å². The summed E-state index contributed by atoms with van der Waals surface area (Å²) in [7, 11) is 1.32. The Kier molecular flexibility index (Phi) is 5.93. The van der Waals surface area contributed by atoms with Gasteiger partial charge in [-0.25, -0.2) is 4.79 Å². The highest BCUT2D eigenvalue weighted by atomic mass is 32.1. The van der Waals surface area contributed by atoms with E-state index in [0.29, 0.717) is 28.4 Å². The van der Waals surface area contributed by atoms with Gasteiger partial charge in [0, 0.05) is 23.5 Å². The maximum absolute atomic E-state index is 12.8. The van der Waals surface area contributed by atoms with Crippen LogP contribution in [0, 0.1) is 17.0 Å². The fourth-order valence-corrected chi connectivity index (χ4v) is 3.73. The van der Waals surface area contributed by atoms with E-state index >= 15 is 0 Å². The number of nitrogens with zero attached hydrogens (tertiary/aromatic N) is 2. The van der Waals surface area contributed by atoms with E-state index in [1.807, 2.05) is 43.0 Å². The molecule has 1 N–H and O–H groups in total. The molecule has 0 unspecified atom stereocenters. The average molecular weight is 411 g/mol. The minimum Gasteiger partial charge on any atom is -0.466 e. The number of aryl methyl sites for hydroxylation is 1. The number of thiocarbonyl (C=S) groups is 1. The second kappa shape index (κ2) is 8.40. The van der Waals surface area contributed by atoms with Crippen LogP contribution in [-0.4, -0.2) is 23.1 Å². The van der Waals surface area contributed by atoms with E-state index in [1.165, 1.54) is 19.2 Å². The summed E-state index contributed by atoms with van der Waals surface area (Å²) >= 11 is 5.62. The Bertz CT molecular complexity index is 1000. The van der Waals surface area contributed by atoms with Crippen molar-refractivity contribution in [3.05, 3.63) is 81.0 Å². The molecule has 1 aliphatic rings. The number of methoxy groups -OCH3 is 1. The van der Waals surface area contributed by atoms with Crippen LogP contribution in [0.4, 0.5) is 11.4 Å². The molecule has 150 valence electrons. The van der Waals surface area contributed by atoms with Crippen molar-refractivity contribution in [1.29, 1.82) is 0 Å². The molecule has 0 bridgehead atoms. The molecule has 2 aromatic rings. The van der Waals surface area contributed by atoms with Gasteiger partial charge < -0.3 is 10.1 Å². The van der Waals surface area contributed by atoms with Gasteiger partial charge in [0.1, 0.15) is 0 Å². The Balaban J connectivity index is 2.18. The summed E-state index contributed by atoms with van der Waals surface area (Å²) < 4.78 is 5.05. The fraction of sp³-hybridized carbons (Fsp3) is 0.238. The highest BCUT2D eigenvalue weighted by Crippen LogP contribution is 2.36. The van der Waals surface area contributed by atoms with Gasteiger partial charge in [0.15, 0.2) is 5.11 Å². The van der Waals surface area contributed by atoms with Gasteiger partial charge >= 0.3 is 5.97 Å². The zero-order valence-electron chi connectivity index (χ0n) is 16.3. The predicted octanol–water partition coefficient (Wildman–Crippen LogP) is 4.18. The number of carbonyl (C=O) groups is 1. The van der Waals surface area contributed by atoms with Crippen molar-refractivity contribution in [2.45, 2.75) is 26.3 Å². The van der Waals surface area contributed by atoms with Crippen LogP contribution < -0.4 is 10.2 Å². The normalized spacial score (nSPS) is 16.4. The number of non-ortho nitro benzene ring substituents is 1. The quantitative estimate of drug-likeness (QED) is 0.342. The summed E-state index contributed by atoms with van der Waals surface area (Å²) in [6, 6.07) is 13.3. The second-order valence-electron chi connectivity index (χ2n) is 6.61. The molecule has 1 aliphatic heterocycles. The Labute approximate surface area is 174 Å². The lowest BCUT2D eigenvalue weighted by Crippen LogP contribution is -2.48. The number of carbonyl (C=O) groups excluding carboxylic acids is 1. The molecule has 7 nitrogen and oxygen atoms in total. The third-order valence-electron chi connectivity index (χ3n) is 4.79. The molecular weight excluding hydrogens is 390 g/mol. The molecule has 0 spiro atoms. The summed E-state index contributed by atoms with van der Waals surface area (Å²) in [5.74, 6) is -0.509. The van der Waals surface area contributed by atoms with Crippen LogP contribution in [0.15, 0.2) is 59.8 Å². The van der Waals surface area contributed by atoms with Gasteiger partial charge in [0.2, 0.25) is 0 Å². The van der Waals surface area contributed by atoms with Crippen LogP contribution in [0.3, 0.4) is 0 Å². The van der Waals surface area contributed by atoms with Crippen molar-refractivity contribution in [2.24, 2.45) is 0 Å². The highest BCUT2D eigenvalue weighted by Gasteiger charge is 2.36. The van der Waals surface area contributed by atoms with Crippen LogP contribution >= 0.6 is 12.2 Å². The van der Waals surface area contributed by atoms with E-state index in [-0.39, 0.29) is 5.69 Å². The third kappa shape index (κ3) is 3.97. The molecule has 2 aromatic carbocycles. The van der Waals surface area contributed by atoms with E-state index in [9.17, 15) is 14.9 Å². The number of nitrogens with one attached hydrogen (secondary N) is 1. The molecule has 0 amide bonds. The van der Waals surface area contributed by atoms with Gasteiger partial charge in [0.25, 0.3) is 5.69 Å². The molecule has 1 heterocycles. The number of nitro groups is 1. The molecule has 0 saturated heterocycles. The Morgan fingerprint density at radius 2 is 1.97 bits per heavy atom. The van der Waals surface area contributed by atoms with Crippen molar-refractivity contribution in [1.82, 2.24) is 5.32 Å². The van der Waals surface area contributed by atoms with Crippen molar-refractivity contribution in [3.8, 4) is 0 Å². The van der Waals surface area contributed by atoms with Crippen LogP contribution in [0.2, 0.25) is 0 Å². The molecule has 0 fully saturated rings. The minimum absolute atomic E-state index is 0.0570. The molecule has 0 aliphatic carbocycles. The van der Waals surface area contributed by atoms with Gasteiger partial charge in [-0.1, -0.05) is 36.8 Å². The summed E-state index contributed by atoms with van der Waals surface area (Å²) in [4.78, 5) is 25.3.